The minimum Gasteiger partial charge on any atom is -0.466 e. The van der Waals surface area contributed by atoms with E-state index in [0.717, 1.165) is 0 Å². The molecule has 0 spiro atoms. The zero-order valence-corrected chi connectivity index (χ0v) is 17.8. The van der Waals surface area contributed by atoms with Crippen LogP contribution in [0.3, 0.4) is 0 Å². The van der Waals surface area contributed by atoms with Gasteiger partial charge in [-0.1, -0.05) is 36.5 Å². The number of halogens is 2. The topological polar surface area (TPSA) is 72.5 Å². The van der Waals surface area contributed by atoms with Gasteiger partial charge in [-0.25, -0.2) is 0 Å². The summed E-state index contributed by atoms with van der Waals surface area (Å²) in [4.78, 5) is 38.9. The Balaban J connectivity index is 2.40. The zero-order chi connectivity index (χ0) is 21.4. The first-order chi connectivity index (χ1) is 13.9. The second kappa shape index (κ2) is 11.0. The molecule has 2 unspecified atom stereocenters. The maximum Gasteiger partial charge on any atom is 0.310 e. The van der Waals surface area contributed by atoms with E-state index in [0.29, 0.717) is 34.1 Å². The van der Waals surface area contributed by atoms with E-state index in [4.69, 9.17) is 27.9 Å². The molecule has 0 fully saturated rings. The molecular weight excluding hydrogens is 413 g/mol. The second-order valence-electron chi connectivity index (χ2n) is 6.49. The van der Waals surface area contributed by atoms with Crippen molar-refractivity contribution in [3.8, 4) is 0 Å². The van der Waals surface area contributed by atoms with Crippen LogP contribution in [0.25, 0.3) is 0 Å². The molecule has 2 rings (SSSR count). The van der Waals surface area contributed by atoms with Crippen molar-refractivity contribution < 1.29 is 19.1 Å². The number of carbonyl (C=O) groups is 3. The second-order valence-corrected chi connectivity index (χ2v) is 7.37. The Morgan fingerprint density at radius 1 is 0.931 bits per heavy atom. The third kappa shape index (κ3) is 6.31. The first-order valence-electron chi connectivity index (χ1n) is 9.40. The number of ketones is 1. The number of benzene rings is 2. The maximum absolute atomic E-state index is 13.2. The number of anilines is 1. The lowest BCUT2D eigenvalue weighted by molar-refractivity contribution is -0.151. The molecule has 0 aliphatic heterocycles. The summed E-state index contributed by atoms with van der Waals surface area (Å²) >= 11 is 11.8. The highest BCUT2D eigenvalue weighted by Crippen LogP contribution is 2.27. The van der Waals surface area contributed by atoms with Crippen molar-refractivity contribution in [2.24, 2.45) is 11.8 Å². The lowest BCUT2D eigenvalue weighted by Gasteiger charge is -2.24. The van der Waals surface area contributed by atoms with Crippen LogP contribution in [0.2, 0.25) is 10.0 Å². The number of carbonyl (C=O) groups excluding carboxylic acids is 3. The largest absolute Gasteiger partial charge is 0.466 e. The van der Waals surface area contributed by atoms with E-state index in [1.165, 1.54) is 0 Å². The molecular formula is C22H23Cl2NO4. The summed E-state index contributed by atoms with van der Waals surface area (Å²) in [6, 6.07) is 12.7. The van der Waals surface area contributed by atoms with Crippen LogP contribution in [0.1, 0.15) is 37.0 Å². The van der Waals surface area contributed by atoms with Gasteiger partial charge in [-0.05, 0) is 61.9 Å². The molecule has 0 aliphatic rings. The van der Waals surface area contributed by atoms with Crippen LogP contribution in [0.5, 0.6) is 0 Å². The summed E-state index contributed by atoms with van der Waals surface area (Å²) in [6.07, 6.45) is 0.957. The molecule has 1 N–H and O–H groups in total. The normalized spacial score (nSPS) is 12.7. The van der Waals surface area contributed by atoms with Crippen LogP contribution < -0.4 is 5.32 Å². The van der Waals surface area contributed by atoms with E-state index in [1.807, 2.05) is 6.92 Å². The maximum atomic E-state index is 13.2. The van der Waals surface area contributed by atoms with E-state index in [2.05, 4.69) is 5.32 Å². The lowest BCUT2D eigenvalue weighted by Crippen LogP contribution is -2.40. The van der Waals surface area contributed by atoms with Crippen LogP contribution in [-0.4, -0.2) is 24.3 Å². The van der Waals surface area contributed by atoms with E-state index in [-0.39, 0.29) is 6.61 Å². The van der Waals surface area contributed by atoms with E-state index in [9.17, 15) is 14.4 Å². The standard InChI is InChI=1S/C22H23Cl2NO4/c1-3-5-18(22(28)29-4-2)19(20(26)14-6-8-15(23)9-7-14)21(27)25-17-12-10-16(24)11-13-17/h6-13,18-19H,3-5H2,1-2H3,(H,25,27). The summed E-state index contributed by atoms with van der Waals surface area (Å²) in [5, 5.41) is 3.71. The summed E-state index contributed by atoms with van der Waals surface area (Å²) in [5.74, 6) is -3.72. The summed E-state index contributed by atoms with van der Waals surface area (Å²) < 4.78 is 5.15. The van der Waals surface area contributed by atoms with Crippen molar-refractivity contribution in [1.82, 2.24) is 0 Å². The van der Waals surface area contributed by atoms with Gasteiger partial charge in [0.1, 0.15) is 5.92 Å². The van der Waals surface area contributed by atoms with Crippen molar-refractivity contribution in [1.29, 1.82) is 0 Å². The van der Waals surface area contributed by atoms with E-state index >= 15 is 0 Å². The van der Waals surface area contributed by atoms with Crippen LogP contribution in [0, 0.1) is 11.8 Å². The van der Waals surface area contributed by atoms with Gasteiger partial charge in [-0.15, -0.1) is 0 Å². The number of esters is 1. The zero-order valence-electron chi connectivity index (χ0n) is 16.3. The molecule has 0 aromatic heterocycles. The van der Waals surface area contributed by atoms with Gasteiger partial charge in [0.15, 0.2) is 5.78 Å². The van der Waals surface area contributed by atoms with E-state index in [1.54, 1.807) is 55.5 Å². The molecule has 0 aliphatic carbocycles. The van der Waals surface area contributed by atoms with Gasteiger partial charge in [0.05, 0.1) is 12.5 Å². The van der Waals surface area contributed by atoms with Crippen molar-refractivity contribution in [3.63, 3.8) is 0 Å². The number of hydrogen-bond acceptors (Lipinski definition) is 4. The Kier molecular flexibility index (Phi) is 8.68. The van der Waals surface area contributed by atoms with E-state index < -0.39 is 29.5 Å². The molecule has 0 saturated carbocycles. The Hall–Kier alpha value is -2.37. The Morgan fingerprint density at radius 3 is 2.00 bits per heavy atom. The Labute approximate surface area is 180 Å². The Bertz CT molecular complexity index is 850. The van der Waals surface area contributed by atoms with Crippen LogP contribution >= 0.6 is 23.2 Å². The predicted octanol–water partition coefficient (Wildman–Crippen LogP) is 5.41. The molecule has 0 bridgehead atoms. The molecule has 2 aromatic rings. The molecule has 0 heterocycles. The molecule has 0 saturated heterocycles. The quantitative estimate of drug-likeness (QED) is 0.324. The number of nitrogens with one attached hydrogen (secondary N) is 1. The van der Waals surface area contributed by atoms with Crippen LogP contribution in [0.4, 0.5) is 5.69 Å². The predicted molar refractivity (Wildman–Crippen MR) is 114 cm³/mol. The summed E-state index contributed by atoms with van der Waals surface area (Å²) in [5.41, 5.74) is 0.781. The SMILES string of the molecule is CCCC(C(=O)OCC)C(C(=O)Nc1ccc(Cl)cc1)C(=O)c1ccc(Cl)cc1. The number of amides is 1. The average molecular weight is 436 g/mol. The minimum absolute atomic E-state index is 0.166. The fraction of sp³-hybridized carbons (Fsp3) is 0.318. The van der Waals surface area contributed by atoms with Crippen molar-refractivity contribution in [3.05, 3.63) is 64.1 Å². The van der Waals surface area contributed by atoms with Gasteiger partial charge in [0.25, 0.3) is 0 Å². The highest BCUT2D eigenvalue weighted by Gasteiger charge is 2.40. The van der Waals surface area contributed by atoms with Crippen molar-refractivity contribution in [2.75, 3.05) is 11.9 Å². The summed E-state index contributed by atoms with van der Waals surface area (Å²) in [6.45, 7) is 3.73. The number of Topliss-reactive ketones (excluding diaryl/α,β-unsaturated/α-hetero) is 1. The third-order valence-corrected chi connectivity index (χ3v) is 4.90. The molecule has 5 nitrogen and oxygen atoms in total. The van der Waals surface area contributed by atoms with Gasteiger partial charge >= 0.3 is 5.97 Å². The molecule has 2 aromatic carbocycles. The molecule has 0 radical (unpaired) electrons. The molecule has 154 valence electrons. The lowest BCUT2D eigenvalue weighted by atomic mass is 9.82. The minimum atomic E-state index is -1.23. The number of hydrogen-bond donors (Lipinski definition) is 1. The number of ether oxygens (including phenoxy) is 1. The van der Waals surface area contributed by atoms with Gasteiger partial charge < -0.3 is 10.1 Å². The van der Waals surface area contributed by atoms with Crippen molar-refractivity contribution >= 4 is 46.5 Å². The smallest absolute Gasteiger partial charge is 0.310 e. The number of rotatable bonds is 9. The fourth-order valence-corrected chi connectivity index (χ4v) is 3.26. The van der Waals surface area contributed by atoms with Crippen molar-refractivity contribution in [2.45, 2.75) is 26.7 Å². The monoisotopic (exact) mass is 435 g/mol. The first-order valence-corrected chi connectivity index (χ1v) is 10.2. The van der Waals surface area contributed by atoms with Crippen LogP contribution in [0.15, 0.2) is 48.5 Å². The Morgan fingerprint density at radius 2 is 1.48 bits per heavy atom. The van der Waals surface area contributed by atoms with Gasteiger partial charge in [0, 0.05) is 21.3 Å². The van der Waals surface area contributed by atoms with Gasteiger partial charge in [-0.3, -0.25) is 14.4 Å². The fourth-order valence-electron chi connectivity index (χ4n) is 3.01. The highest BCUT2D eigenvalue weighted by molar-refractivity contribution is 6.31. The molecule has 29 heavy (non-hydrogen) atoms. The molecule has 2 atom stereocenters. The van der Waals surface area contributed by atoms with Gasteiger partial charge in [-0.2, -0.15) is 0 Å². The van der Waals surface area contributed by atoms with Gasteiger partial charge in [0.2, 0.25) is 5.91 Å². The third-order valence-electron chi connectivity index (χ3n) is 4.40. The molecule has 1 amide bonds. The average Bonchev–Trinajstić information content (AvgIpc) is 2.70. The first kappa shape index (κ1) is 22.9. The molecule has 7 heteroatoms. The van der Waals surface area contributed by atoms with Crippen LogP contribution in [-0.2, 0) is 14.3 Å². The summed E-state index contributed by atoms with van der Waals surface area (Å²) in [7, 11) is 0. The highest BCUT2D eigenvalue weighted by atomic mass is 35.5.